The number of carbonyl (C=O) groups excluding carboxylic acids is 1. The lowest BCUT2D eigenvalue weighted by Gasteiger charge is -2.13. The first kappa shape index (κ1) is 22.2. The van der Waals surface area contributed by atoms with E-state index in [9.17, 15) is 4.79 Å². The lowest BCUT2D eigenvalue weighted by molar-refractivity contribution is -0.118. The molecule has 31 heavy (non-hydrogen) atoms. The van der Waals surface area contributed by atoms with E-state index in [1.165, 1.54) is 7.11 Å². The van der Waals surface area contributed by atoms with Crippen LogP contribution in [0.3, 0.4) is 0 Å². The van der Waals surface area contributed by atoms with Crippen LogP contribution in [-0.2, 0) is 4.79 Å². The van der Waals surface area contributed by atoms with Crippen LogP contribution in [0.15, 0.2) is 76.3 Å². The standard InChI is InChI=1S/C23H22BrN3O4/c1-29-20-11-7-6-10-19(20)26-23(28)15-31-22-13-18(24)16(12-21(22)30-2)14-25-27-17-8-4-3-5-9-17/h3-14,27H,15H2,1-2H3,(H,26,28). The number of rotatable bonds is 9. The van der Waals surface area contributed by atoms with Gasteiger partial charge in [-0.15, -0.1) is 0 Å². The number of methoxy groups -OCH3 is 2. The summed E-state index contributed by atoms with van der Waals surface area (Å²) in [5, 5.41) is 7.01. The number of hydrazone groups is 1. The van der Waals surface area contributed by atoms with Gasteiger partial charge in [0, 0.05) is 10.0 Å². The second kappa shape index (κ2) is 11.0. The Morgan fingerprint density at radius 2 is 1.68 bits per heavy atom. The molecule has 160 valence electrons. The van der Waals surface area contributed by atoms with Crippen molar-refractivity contribution in [2.75, 3.05) is 31.6 Å². The zero-order chi connectivity index (χ0) is 22.1. The van der Waals surface area contributed by atoms with Crippen molar-refractivity contribution in [3.8, 4) is 17.2 Å². The Morgan fingerprint density at radius 1 is 0.968 bits per heavy atom. The van der Waals surface area contributed by atoms with Gasteiger partial charge in [-0.05, 0) is 52.3 Å². The number of anilines is 2. The first-order valence-electron chi connectivity index (χ1n) is 9.38. The van der Waals surface area contributed by atoms with E-state index in [2.05, 4.69) is 31.8 Å². The number of nitrogens with zero attached hydrogens (tertiary/aromatic N) is 1. The molecule has 0 aromatic heterocycles. The molecule has 0 bridgehead atoms. The largest absolute Gasteiger partial charge is 0.495 e. The molecule has 7 nitrogen and oxygen atoms in total. The summed E-state index contributed by atoms with van der Waals surface area (Å²) in [5.74, 6) is 1.16. The number of amides is 1. The summed E-state index contributed by atoms with van der Waals surface area (Å²) in [6.07, 6.45) is 1.66. The van der Waals surface area contributed by atoms with Gasteiger partial charge in [-0.3, -0.25) is 10.2 Å². The lowest BCUT2D eigenvalue weighted by atomic mass is 10.2. The number of hydrogen-bond donors (Lipinski definition) is 2. The minimum Gasteiger partial charge on any atom is -0.495 e. The summed E-state index contributed by atoms with van der Waals surface area (Å²) >= 11 is 3.50. The molecule has 2 N–H and O–H groups in total. The van der Waals surface area contributed by atoms with Crippen LogP contribution >= 0.6 is 15.9 Å². The van der Waals surface area contributed by atoms with E-state index in [1.54, 1.807) is 37.6 Å². The van der Waals surface area contributed by atoms with Gasteiger partial charge < -0.3 is 19.5 Å². The number of halogens is 1. The molecule has 8 heteroatoms. The van der Waals surface area contributed by atoms with Gasteiger partial charge in [0.1, 0.15) is 5.75 Å². The summed E-state index contributed by atoms with van der Waals surface area (Å²) in [4.78, 5) is 12.3. The van der Waals surface area contributed by atoms with E-state index in [4.69, 9.17) is 14.2 Å². The summed E-state index contributed by atoms with van der Waals surface area (Å²) < 4.78 is 17.1. The van der Waals surface area contributed by atoms with Crippen LogP contribution in [0.2, 0.25) is 0 Å². The van der Waals surface area contributed by atoms with Gasteiger partial charge in [-0.25, -0.2) is 0 Å². The zero-order valence-electron chi connectivity index (χ0n) is 17.1. The van der Waals surface area contributed by atoms with Crippen LogP contribution < -0.4 is 25.0 Å². The third-order valence-electron chi connectivity index (χ3n) is 4.19. The van der Waals surface area contributed by atoms with Gasteiger partial charge in [-0.1, -0.05) is 30.3 Å². The first-order chi connectivity index (χ1) is 15.1. The second-order valence-electron chi connectivity index (χ2n) is 6.30. The van der Waals surface area contributed by atoms with E-state index in [0.29, 0.717) is 22.9 Å². The zero-order valence-corrected chi connectivity index (χ0v) is 18.7. The quantitative estimate of drug-likeness (QED) is 0.333. The number of carbonyl (C=O) groups is 1. The number of benzene rings is 3. The van der Waals surface area contributed by atoms with Crippen LogP contribution in [0.1, 0.15) is 5.56 Å². The first-order valence-corrected chi connectivity index (χ1v) is 10.2. The average Bonchev–Trinajstić information content (AvgIpc) is 2.80. The SMILES string of the molecule is COc1ccccc1NC(=O)COc1cc(Br)c(C=NNc2ccccc2)cc1OC. The number of para-hydroxylation sites is 3. The molecule has 1 amide bonds. The molecule has 3 aromatic carbocycles. The molecule has 0 aliphatic heterocycles. The maximum Gasteiger partial charge on any atom is 0.262 e. The summed E-state index contributed by atoms with van der Waals surface area (Å²) in [6, 6.07) is 20.3. The van der Waals surface area contributed by atoms with Gasteiger partial charge in [0.05, 0.1) is 31.8 Å². The van der Waals surface area contributed by atoms with Crippen LogP contribution in [0, 0.1) is 0 Å². The van der Waals surface area contributed by atoms with Crippen molar-refractivity contribution in [2.24, 2.45) is 5.10 Å². The molecule has 0 fully saturated rings. The monoisotopic (exact) mass is 483 g/mol. The highest BCUT2D eigenvalue weighted by molar-refractivity contribution is 9.10. The van der Waals surface area contributed by atoms with Crippen molar-refractivity contribution in [3.05, 3.63) is 76.8 Å². The molecule has 0 atom stereocenters. The number of ether oxygens (including phenoxy) is 3. The third-order valence-corrected chi connectivity index (χ3v) is 4.88. The minimum atomic E-state index is -0.319. The Hall–Kier alpha value is -3.52. The summed E-state index contributed by atoms with van der Waals surface area (Å²) in [5.41, 5.74) is 5.19. The number of hydrogen-bond acceptors (Lipinski definition) is 6. The third kappa shape index (κ3) is 6.23. The topological polar surface area (TPSA) is 81.2 Å². The molecule has 0 saturated carbocycles. The van der Waals surface area contributed by atoms with Crippen molar-refractivity contribution >= 4 is 39.4 Å². The maximum absolute atomic E-state index is 12.3. The van der Waals surface area contributed by atoms with E-state index in [0.717, 1.165) is 15.7 Å². The molecule has 3 rings (SSSR count). The maximum atomic E-state index is 12.3. The minimum absolute atomic E-state index is 0.191. The van der Waals surface area contributed by atoms with Crippen molar-refractivity contribution < 1.29 is 19.0 Å². The van der Waals surface area contributed by atoms with Crippen LogP contribution in [0.5, 0.6) is 17.2 Å². The van der Waals surface area contributed by atoms with Gasteiger partial charge in [0.2, 0.25) is 0 Å². The van der Waals surface area contributed by atoms with Crippen molar-refractivity contribution in [3.63, 3.8) is 0 Å². The van der Waals surface area contributed by atoms with E-state index in [-0.39, 0.29) is 12.5 Å². The highest BCUT2D eigenvalue weighted by Gasteiger charge is 2.13. The van der Waals surface area contributed by atoms with Crippen LogP contribution in [-0.4, -0.2) is 32.9 Å². The summed E-state index contributed by atoms with van der Waals surface area (Å²) in [6.45, 7) is -0.191. The van der Waals surface area contributed by atoms with Crippen LogP contribution in [0.4, 0.5) is 11.4 Å². The van der Waals surface area contributed by atoms with Crippen molar-refractivity contribution in [1.29, 1.82) is 0 Å². The smallest absolute Gasteiger partial charge is 0.262 e. The van der Waals surface area contributed by atoms with Gasteiger partial charge in [-0.2, -0.15) is 5.10 Å². The molecular formula is C23H22BrN3O4. The normalized spacial score (nSPS) is 10.5. The van der Waals surface area contributed by atoms with Crippen molar-refractivity contribution in [2.45, 2.75) is 0 Å². The molecule has 0 unspecified atom stereocenters. The molecular weight excluding hydrogens is 462 g/mol. The molecule has 0 radical (unpaired) electrons. The Balaban J connectivity index is 1.64. The predicted octanol–water partition coefficient (Wildman–Crippen LogP) is 4.93. The Bertz CT molecular complexity index is 1060. The molecule has 3 aromatic rings. The highest BCUT2D eigenvalue weighted by atomic mass is 79.9. The fourth-order valence-corrected chi connectivity index (χ4v) is 3.11. The molecule has 0 aliphatic carbocycles. The lowest BCUT2D eigenvalue weighted by Crippen LogP contribution is -2.20. The van der Waals surface area contributed by atoms with E-state index in [1.807, 2.05) is 42.5 Å². The fourth-order valence-electron chi connectivity index (χ4n) is 2.69. The van der Waals surface area contributed by atoms with Gasteiger partial charge in [0.15, 0.2) is 18.1 Å². The molecule has 0 saturated heterocycles. The predicted molar refractivity (Wildman–Crippen MR) is 125 cm³/mol. The Kier molecular flexibility index (Phi) is 7.89. The Morgan fingerprint density at radius 3 is 2.42 bits per heavy atom. The molecule has 0 spiro atoms. The summed E-state index contributed by atoms with van der Waals surface area (Å²) in [7, 11) is 3.08. The fraction of sp³-hybridized carbons (Fsp3) is 0.130. The number of nitrogens with one attached hydrogen (secondary N) is 2. The van der Waals surface area contributed by atoms with Gasteiger partial charge >= 0.3 is 0 Å². The van der Waals surface area contributed by atoms with E-state index < -0.39 is 0 Å². The average molecular weight is 484 g/mol. The Labute approximate surface area is 189 Å². The van der Waals surface area contributed by atoms with Crippen molar-refractivity contribution in [1.82, 2.24) is 0 Å². The van der Waals surface area contributed by atoms with Crippen LogP contribution in [0.25, 0.3) is 0 Å². The van der Waals surface area contributed by atoms with Gasteiger partial charge in [0.25, 0.3) is 5.91 Å². The highest BCUT2D eigenvalue weighted by Crippen LogP contribution is 2.33. The molecule has 0 aliphatic rings. The molecule has 0 heterocycles. The van der Waals surface area contributed by atoms with E-state index >= 15 is 0 Å². The second-order valence-corrected chi connectivity index (χ2v) is 7.15.